The minimum absolute atomic E-state index is 0.132. The number of aliphatic hydroxyl groups is 1. The molecular weight excluding hydrogens is 184 g/mol. The Morgan fingerprint density at radius 1 is 1.27 bits per heavy atom. The Morgan fingerprint density at radius 3 is 2.47 bits per heavy atom. The van der Waals surface area contributed by atoms with Gasteiger partial charge in [-0.3, -0.25) is 0 Å². The first kappa shape index (κ1) is 12.0. The molecule has 0 aliphatic rings. The third kappa shape index (κ3) is 2.93. The lowest BCUT2D eigenvalue weighted by Crippen LogP contribution is -1.98. The van der Waals surface area contributed by atoms with Crippen LogP contribution < -0.4 is 0 Å². The lowest BCUT2D eigenvalue weighted by molar-refractivity contribution is 0.280. The average Bonchev–Trinajstić information content (AvgIpc) is 2.20. The molecule has 1 rings (SSSR count). The quantitative estimate of drug-likeness (QED) is 0.749. The van der Waals surface area contributed by atoms with Gasteiger partial charge in [0.05, 0.1) is 6.61 Å². The van der Waals surface area contributed by atoms with E-state index in [9.17, 15) is 5.11 Å². The molecule has 0 amide bonds. The van der Waals surface area contributed by atoms with Crippen molar-refractivity contribution in [2.24, 2.45) is 0 Å². The van der Waals surface area contributed by atoms with E-state index in [4.69, 9.17) is 0 Å². The maximum absolute atomic E-state index is 9.28. The molecule has 1 nitrogen and oxygen atoms in total. The second kappa shape index (κ2) is 5.13. The maximum atomic E-state index is 9.28. The zero-order valence-corrected chi connectivity index (χ0v) is 10.1. The van der Waals surface area contributed by atoms with Gasteiger partial charge in [-0.15, -0.1) is 0 Å². The molecule has 0 bridgehead atoms. The lowest BCUT2D eigenvalue weighted by atomic mass is 9.95. The standard InChI is InChI=1S/C14H20O/c1-10(2)5-8-14-12(4)11(3)6-7-13(14)9-15/h5-7,15H,8-9H2,1-4H3. The van der Waals surface area contributed by atoms with Crippen LogP contribution in [0.15, 0.2) is 23.8 Å². The fourth-order valence-electron chi connectivity index (χ4n) is 1.67. The lowest BCUT2D eigenvalue weighted by Gasteiger charge is -2.12. The van der Waals surface area contributed by atoms with Crippen molar-refractivity contribution >= 4 is 0 Å². The van der Waals surface area contributed by atoms with Gasteiger partial charge in [0.2, 0.25) is 0 Å². The first-order valence-corrected chi connectivity index (χ1v) is 5.38. The molecule has 0 radical (unpaired) electrons. The largest absolute Gasteiger partial charge is 0.392 e. The molecule has 0 saturated carbocycles. The van der Waals surface area contributed by atoms with Crippen LogP contribution in [0.3, 0.4) is 0 Å². The molecule has 0 unspecified atom stereocenters. The third-order valence-corrected chi connectivity index (χ3v) is 2.85. The Morgan fingerprint density at radius 2 is 1.93 bits per heavy atom. The number of hydrogen-bond donors (Lipinski definition) is 1. The number of allylic oxidation sites excluding steroid dienone is 2. The van der Waals surface area contributed by atoms with Gasteiger partial charge in [-0.2, -0.15) is 0 Å². The van der Waals surface area contributed by atoms with Gasteiger partial charge in [0.15, 0.2) is 0 Å². The molecule has 0 atom stereocenters. The summed E-state index contributed by atoms with van der Waals surface area (Å²) in [6.07, 6.45) is 3.13. The van der Waals surface area contributed by atoms with E-state index in [-0.39, 0.29) is 6.61 Å². The van der Waals surface area contributed by atoms with E-state index in [1.54, 1.807) is 0 Å². The van der Waals surface area contributed by atoms with Gasteiger partial charge >= 0.3 is 0 Å². The molecule has 1 N–H and O–H groups in total. The summed E-state index contributed by atoms with van der Waals surface area (Å²) in [6, 6.07) is 4.10. The van der Waals surface area contributed by atoms with Crippen LogP contribution in [0.4, 0.5) is 0 Å². The summed E-state index contributed by atoms with van der Waals surface area (Å²) in [5.74, 6) is 0. The van der Waals surface area contributed by atoms with Crippen LogP contribution in [0.5, 0.6) is 0 Å². The van der Waals surface area contributed by atoms with Gasteiger partial charge in [-0.25, -0.2) is 0 Å². The predicted octanol–water partition coefficient (Wildman–Crippen LogP) is 3.30. The molecule has 0 spiro atoms. The number of aliphatic hydroxyl groups excluding tert-OH is 1. The van der Waals surface area contributed by atoms with E-state index in [0.717, 1.165) is 12.0 Å². The summed E-state index contributed by atoms with van der Waals surface area (Å²) < 4.78 is 0. The van der Waals surface area contributed by atoms with Gasteiger partial charge in [-0.1, -0.05) is 23.8 Å². The van der Waals surface area contributed by atoms with Crippen LogP contribution in [0.2, 0.25) is 0 Å². The van der Waals surface area contributed by atoms with Gasteiger partial charge < -0.3 is 5.11 Å². The number of rotatable bonds is 3. The molecule has 0 aromatic heterocycles. The average molecular weight is 204 g/mol. The zero-order valence-electron chi connectivity index (χ0n) is 10.1. The van der Waals surface area contributed by atoms with E-state index in [1.165, 1.54) is 22.3 Å². The van der Waals surface area contributed by atoms with E-state index >= 15 is 0 Å². The first-order valence-electron chi connectivity index (χ1n) is 5.38. The fourth-order valence-corrected chi connectivity index (χ4v) is 1.67. The molecular formula is C14H20O. The Kier molecular flexibility index (Phi) is 4.10. The van der Waals surface area contributed by atoms with Crippen LogP contribution in [0.1, 0.15) is 36.1 Å². The minimum atomic E-state index is 0.132. The first-order chi connectivity index (χ1) is 7.06. The zero-order chi connectivity index (χ0) is 11.4. The summed E-state index contributed by atoms with van der Waals surface area (Å²) in [5, 5.41) is 9.28. The highest BCUT2D eigenvalue weighted by Gasteiger charge is 2.05. The monoisotopic (exact) mass is 204 g/mol. The van der Waals surface area contributed by atoms with Crippen molar-refractivity contribution in [3.63, 3.8) is 0 Å². The van der Waals surface area contributed by atoms with Crippen molar-refractivity contribution in [2.75, 3.05) is 0 Å². The van der Waals surface area contributed by atoms with E-state index in [0.29, 0.717) is 0 Å². The van der Waals surface area contributed by atoms with Crippen molar-refractivity contribution < 1.29 is 5.11 Å². The molecule has 82 valence electrons. The second-order valence-electron chi connectivity index (χ2n) is 4.29. The number of hydrogen-bond acceptors (Lipinski definition) is 1. The molecule has 1 heteroatoms. The minimum Gasteiger partial charge on any atom is -0.392 e. The highest BCUT2D eigenvalue weighted by molar-refractivity contribution is 5.40. The van der Waals surface area contributed by atoms with Crippen molar-refractivity contribution in [3.8, 4) is 0 Å². The molecule has 1 aromatic rings. The van der Waals surface area contributed by atoms with Crippen LogP contribution in [0.25, 0.3) is 0 Å². The van der Waals surface area contributed by atoms with Crippen molar-refractivity contribution in [3.05, 3.63) is 46.0 Å². The highest BCUT2D eigenvalue weighted by atomic mass is 16.3. The molecule has 0 fully saturated rings. The maximum Gasteiger partial charge on any atom is 0.0684 e. The summed E-state index contributed by atoms with van der Waals surface area (Å²) in [6.45, 7) is 8.58. The van der Waals surface area contributed by atoms with Crippen molar-refractivity contribution in [1.29, 1.82) is 0 Å². The summed E-state index contributed by atoms with van der Waals surface area (Å²) in [4.78, 5) is 0. The molecule has 0 aliphatic heterocycles. The van der Waals surface area contributed by atoms with E-state index < -0.39 is 0 Å². The fraction of sp³-hybridized carbons (Fsp3) is 0.429. The normalized spacial score (nSPS) is 10.2. The predicted molar refractivity (Wildman–Crippen MR) is 65.0 cm³/mol. The molecule has 1 aromatic carbocycles. The smallest absolute Gasteiger partial charge is 0.0684 e. The molecule has 0 aliphatic carbocycles. The number of aryl methyl sites for hydroxylation is 1. The van der Waals surface area contributed by atoms with Gasteiger partial charge in [0.25, 0.3) is 0 Å². The van der Waals surface area contributed by atoms with Crippen LogP contribution in [0, 0.1) is 13.8 Å². The third-order valence-electron chi connectivity index (χ3n) is 2.85. The van der Waals surface area contributed by atoms with Gasteiger partial charge in [0.1, 0.15) is 0 Å². The molecule has 0 saturated heterocycles. The highest BCUT2D eigenvalue weighted by Crippen LogP contribution is 2.19. The summed E-state index contributed by atoms with van der Waals surface area (Å²) in [7, 11) is 0. The Labute approximate surface area is 92.5 Å². The van der Waals surface area contributed by atoms with Crippen LogP contribution in [-0.4, -0.2) is 5.11 Å². The Bertz CT molecular complexity index is 371. The van der Waals surface area contributed by atoms with Crippen LogP contribution >= 0.6 is 0 Å². The van der Waals surface area contributed by atoms with Gasteiger partial charge in [0, 0.05) is 0 Å². The summed E-state index contributed by atoms with van der Waals surface area (Å²) >= 11 is 0. The Hall–Kier alpha value is -1.08. The summed E-state index contributed by atoms with van der Waals surface area (Å²) in [5.41, 5.74) is 6.25. The molecule has 15 heavy (non-hydrogen) atoms. The van der Waals surface area contributed by atoms with Crippen LogP contribution in [-0.2, 0) is 13.0 Å². The number of benzene rings is 1. The van der Waals surface area contributed by atoms with Crippen molar-refractivity contribution in [1.82, 2.24) is 0 Å². The Balaban J connectivity index is 3.12. The van der Waals surface area contributed by atoms with Crippen molar-refractivity contribution in [2.45, 2.75) is 40.7 Å². The second-order valence-corrected chi connectivity index (χ2v) is 4.29. The SMILES string of the molecule is CC(C)=CCc1c(CO)ccc(C)c1C. The van der Waals surface area contributed by atoms with E-state index in [1.807, 2.05) is 6.07 Å². The van der Waals surface area contributed by atoms with Gasteiger partial charge in [-0.05, 0) is 56.4 Å². The van der Waals surface area contributed by atoms with E-state index in [2.05, 4.69) is 39.8 Å². The topological polar surface area (TPSA) is 20.2 Å². The molecule has 0 heterocycles.